The second-order valence-electron chi connectivity index (χ2n) is 9.76. The number of aromatic amines is 1. The molecule has 11 nitrogen and oxygen atoms in total. The van der Waals surface area contributed by atoms with Gasteiger partial charge in [0, 0.05) is 36.3 Å². The fourth-order valence-corrected chi connectivity index (χ4v) is 4.73. The molecule has 1 fully saturated rings. The van der Waals surface area contributed by atoms with Gasteiger partial charge in [-0.2, -0.15) is 4.98 Å². The Morgan fingerprint density at radius 1 is 1.15 bits per heavy atom. The number of pyridine rings is 1. The summed E-state index contributed by atoms with van der Waals surface area (Å²) in [5.41, 5.74) is 6.77. The minimum Gasteiger partial charge on any atom is -0.341 e. The molecule has 0 saturated carbocycles. The highest BCUT2D eigenvalue weighted by molar-refractivity contribution is 6.34. The summed E-state index contributed by atoms with van der Waals surface area (Å²) in [4.78, 5) is 52.6. The number of nitrogens with two attached hydrogens (primary N) is 2. The van der Waals surface area contributed by atoms with Gasteiger partial charge >= 0.3 is 0 Å². The molecular weight excluding hydrogens is 567 g/mol. The van der Waals surface area contributed by atoms with E-state index in [-0.39, 0.29) is 40.3 Å². The number of benzene rings is 2. The molecule has 1 saturated heterocycles. The van der Waals surface area contributed by atoms with Crippen molar-refractivity contribution >= 4 is 58.5 Å². The first-order valence-electron chi connectivity index (χ1n) is 12.9. The van der Waals surface area contributed by atoms with E-state index in [1.807, 2.05) is 42.2 Å². The van der Waals surface area contributed by atoms with Gasteiger partial charge in [0.15, 0.2) is 0 Å². The van der Waals surface area contributed by atoms with Crippen molar-refractivity contribution in [2.24, 2.45) is 11.6 Å². The van der Waals surface area contributed by atoms with Crippen molar-refractivity contribution in [2.75, 3.05) is 23.3 Å². The molecule has 0 aliphatic carbocycles. The van der Waals surface area contributed by atoms with Crippen LogP contribution in [0.4, 0.5) is 11.6 Å². The van der Waals surface area contributed by atoms with Crippen LogP contribution < -0.4 is 27.4 Å². The van der Waals surface area contributed by atoms with E-state index in [4.69, 9.17) is 23.2 Å². The Hall–Kier alpha value is -4.03. The molecule has 3 heterocycles. The molecule has 4 aromatic rings. The van der Waals surface area contributed by atoms with Crippen molar-refractivity contribution < 1.29 is 9.59 Å². The molecule has 0 spiro atoms. The quantitative estimate of drug-likeness (QED) is 0.149. The molecule has 6 N–H and O–H groups in total. The van der Waals surface area contributed by atoms with E-state index in [1.165, 1.54) is 24.3 Å². The van der Waals surface area contributed by atoms with Crippen LogP contribution in [-0.4, -0.2) is 50.9 Å². The number of hydrazine groups is 1. The van der Waals surface area contributed by atoms with Crippen molar-refractivity contribution in [2.45, 2.75) is 31.8 Å². The lowest BCUT2D eigenvalue weighted by molar-refractivity contribution is 0.0690. The first-order valence-corrected chi connectivity index (χ1v) is 13.2. The molecule has 5 rings (SSSR count). The number of aromatic nitrogens is 3. The molecule has 0 bridgehead atoms. The van der Waals surface area contributed by atoms with E-state index in [0.29, 0.717) is 17.0 Å². The third-order valence-electron chi connectivity index (χ3n) is 7.04. The topological polar surface area (TPSA) is 163 Å². The number of nitrogens with zero attached hydrogens (tertiary/aromatic N) is 4. The Morgan fingerprint density at radius 3 is 2.56 bits per heavy atom. The van der Waals surface area contributed by atoms with E-state index in [0.717, 1.165) is 36.5 Å². The number of H-pyrrole nitrogens is 1. The average Bonchev–Trinajstić information content (AvgIpc) is 2.97. The maximum Gasteiger partial charge on any atom is 0.268 e. The third-order valence-corrected chi connectivity index (χ3v) is 7.37. The zero-order chi connectivity index (χ0) is 28.4. The van der Waals surface area contributed by atoms with E-state index < -0.39 is 23.4 Å². The van der Waals surface area contributed by atoms with Gasteiger partial charge in [0.25, 0.3) is 17.4 Å². The van der Waals surface area contributed by atoms with E-state index in [1.54, 1.807) is 6.20 Å². The minimum absolute atomic E-state index is 0. The average molecular weight is 598 g/mol. The Labute approximate surface area is 247 Å². The van der Waals surface area contributed by atoms with Gasteiger partial charge in [0.2, 0.25) is 5.95 Å². The Morgan fingerprint density at radius 2 is 1.85 bits per heavy atom. The number of carbonyl (C=O) groups is 2. The molecule has 1 atom stereocenters. The fraction of sp³-hybridized carbons (Fsp3) is 0.250. The van der Waals surface area contributed by atoms with Gasteiger partial charge in [-0.25, -0.2) is 10.8 Å². The second-order valence-corrected chi connectivity index (χ2v) is 10.2. The number of hydrogen-bond donors (Lipinski definition) is 4. The van der Waals surface area contributed by atoms with Gasteiger partial charge in [0.1, 0.15) is 11.2 Å². The molecule has 2 amide bonds. The Bertz CT molecular complexity index is 1620. The maximum absolute atomic E-state index is 13.1. The number of rotatable bonds is 6. The van der Waals surface area contributed by atoms with Gasteiger partial charge in [-0.15, -0.1) is 12.4 Å². The zero-order valence-corrected chi connectivity index (χ0v) is 23.8. The van der Waals surface area contributed by atoms with E-state index >= 15 is 0 Å². The molecule has 1 aliphatic rings. The number of nitrogens with one attached hydrogen (secondary N) is 2. The number of piperidine rings is 1. The van der Waals surface area contributed by atoms with Crippen LogP contribution in [0.3, 0.4) is 0 Å². The molecular formula is C28H30Cl2N8O3. The number of hydrogen-bond acceptors (Lipinski definition) is 8. The van der Waals surface area contributed by atoms with Crippen LogP contribution in [0.5, 0.6) is 0 Å². The van der Waals surface area contributed by atoms with Crippen molar-refractivity contribution in [1.29, 1.82) is 0 Å². The summed E-state index contributed by atoms with van der Waals surface area (Å²) in [6, 6.07) is 15.0. The summed E-state index contributed by atoms with van der Waals surface area (Å²) in [5.74, 6) is 5.47. The van der Waals surface area contributed by atoms with Crippen LogP contribution in [0, 0.1) is 0 Å². The zero-order valence-electron chi connectivity index (χ0n) is 22.2. The predicted octanol–water partition coefficient (Wildman–Crippen LogP) is 3.65. The molecule has 2 aromatic heterocycles. The van der Waals surface area contributed by atoms with Crippen LogP contribution in [0.1, 0.15) is 52.1 Å². The van der Waals surface area contributed by atoms with Gasteiger partial charge in [-0.3, -0.25) is 19.4 Å². The van der Waals surface area contributed by atoms with E-state index in [2.05, 4.69) is 20.3 Å². The maximum atomic E-state index is 13.1. The molecule has 2 aromatic carbocycles. The molecule has 1 unspecified atom stereocenters. The number of amides is 2. The van der Waals surface area contributed by atoms with E-state index in [9.17, 15) is 14.4 Å². The van der Waals surface area contributed by atoms with Crippen molar-refractivity contribution in [3.63, 3.8) is 0 Å². The smallest absolute Gasteiger partial charge is 0.268 e. The molecule has 0 radical (unpaired) electrons. The molecule has 41 heavy (non-hydrogen) atoms. The van der Waals surface area contributed by atoms with Crippen molar-refractivity contribution in [1.82, 2.24) is 20.0 Å². The Balaban J connectivity index is 0.00000387. The number of halogens is 2. The first-order chi connectivity index (χ1) is 19.2. The number of carbonyl (C=O) groups excluding carboxylic acids is 2. The third kappa shape index (κ3) is 6.49. The summed E-state index contributed by atoms with van der Waals surface area (Å²) < 4.78 is 0. The van der Waals surface area contributed by atoms with Gasteiger partial charge in [0.05, 0.1) is 16.8 Å². The van der Waals surface area contributed by atoms with Crippen LogP contribution in [0.2, 0.25) is 5.02 Å². The highest BCUT2D eigenvalue weighted by atomic mass is 35.5. The summed E-state index contributed by atoms with van der Waals surface area (Å²) in [5, 5.41) is 4.43. The normalized spacial score (nSPS) is 14.3. The number of fused-ring (bicyclic) bond motifs is 1. The van der Waals surface area contributed by atoms with Crippen LogP contribution in [0.15, 0.2) is 65.6 Å². The number of anilines is 2. The summed E-state index contributed by atoms with van der Waals surface area (Å²) >= 11 is 6.32. The standard InChI is InChI=1S/C28H29ClN8O3.ClH/c1-16(17-5-3-2-4-6-17)37(31)27(40)18-7-8-22(29)23(14-18)33-25(38)21-13-19-15-32-28(35-24(19)34-26(21)39)36-11-9-20(30)10-12-36;/h2-8,13-16,20H,9-12,30-31H2,1H3,(H,33,38)(H,32,34,35,39);1H. The monoisotopic (exact) mass is 596 g/mol. The van der Waals surface area contributed by atoms with Crippen molar-refractivity contribution in [3.05, 3.63) is 92.9 Å². The summed E-state index contributed by atoms with van der Waals surface area (Å²) in [6.45, 7) is 3.27. The molecule has 1 aliphatic heterocycles. The predicted molar refractivity (Wildman–Crippen MR) is 161 cm³/mol. The van der Waals surface area contributed by atoms with Crippen LogP contribution >= 0.6 is 24.0 Å². The lowest BCUT2D eigenvalue weighted by Crippen LogP contribution is -2.40. The lowest BCUT2D eigenvalue weighted by Gasteiger charge is -2.30. The van der Waals surface area contributed by atoms with Gasteiger partial charge in [-0.05, 0) is 49.6 Å². The second kappa shape index (κ2) is 12.6. The highest BCUT2D eigenvalue weighted by Crippen LogP contribution is 2.26. The highest BCUT2D eigenvalue weighted by Gasteiger charge is 2.22. The molecule has 214 valence electrons. The first kappa shape index (κ1) is 29.9. The van der Waals surface area contributed by atoms with Crippen molar-refractivity contribution in [3.8, 4) is 0 Å². The summed E-state index contributed by atoms with van der Waals surface area (Å²) in [6.07, 6.45) is 3.23. The molecule has 13 heteroatoms. The lowest BCUT2D eigenvalue weighted by atomic mass is 10.1. The summed E-state index contributed by atoms with van der Waals surface area (Å²) in [7, 11) is 0. The van der Waals surface area contributed by atoms with Gasteiger partial charge in [-0.1, -0.05) is 41.9 Å². The largest absolute Gasteiger partial charge is 0.341 e. The fourth-order valence-electron chi connectivity index (χ4n) is 4.56. The Kier molecular flexibility index (Phi) is 9.24. The van der Waals surface area contributed by atoms with Crippen LogP contribution in [0.25, 0.3) is 11.0 Å². The van der Waals surface area contributed by atoms with Crippen LogP contribution in [-0.2, 0) is 0 Å². The van der Waals surface area contributed by atoms with Gasteiger partial charge < -0.3 is 20.9 Å². The minimum atomic E-state index is -0.703. The SMILES string of the molecule is CC(c1ccccc1)N(N)C(=O)c1ccc(Cl)c(NC(=O)c2cc3cnc(N4CCC(N)CC4)nc3[nH]c2=O)c1.Cl.